The first kappa shape index (κ1) is 15.6. The molecule has 2 N–H and O–H groups in total. The highest BCUT2D eigenvalue weighted by Gasteiger charge is 2.42. The second-order valence-electron chi connectivity index (χ2n) is 5.17. The van der Waals surface area contributed by atoms with Gasteiger partial charge in [0.1, 0.15) is 11.3 Å². The van der Waals surface area contributed by atoms with Crippen LogP contribution in [-0.2, 0) is 9.59 Å². The molecule has 0 spiro atoms. The van der Waals surface area contributed by atoms with Crippen LogP contribution in [0.2, 0.25) is 5.02 Å². The molecule has 6 heteroatoms. The lowest BCUT2D eigenvalue weighted by Crippen LogP contribution is -2.52. The third-order valence-electron chi connectivity index (χ3n) is 3.67. The number of carboxylic acids is 1. The van der Waals surface area contributed by atoms with Crippen molar-refractivity contribution in [2.45, 2.75) is 37.6 Å². The summed E-state index contributed by atoms with van der Waals surface area (Å²) in [5, 5.41) is 12.4. The van der Waals surface area contributed by atoms with Gasteiger partial charge in [0.15, 0.2) is 0 Å². The van der Waals surface area contributed by atoms with Crippen LogP contribution in [0.3, 0.4) is 0 Å². The van der Waals surface area contributed by atoms with Crippen molar-refractivity contribution in [3.63, 3.8) is 0 Å². The molecule has 0 heterocycles. The number of para-hydroxylation sites is 1. The molecule has 5 nitrogen and oxygen atoms in total. The second kappa shape index (κ2) is 6.80. The SMILES string of the molecule is O=C(CCOc1ccccc1Cl)NC1(C(=O)O)CCCC1. The van der Waals surface area contributed by atoms with Gasteiger partial charge >= 0.3 is 5.97 Å². The van der Waals surface area contributed by atoms with Crippen molar-refractivity contribution in [2.75, 3.05) is 6.61 Å². The summed E-state index contributed by atoms with van der Waals surface area (Å²) in [5.41, 5.74) is -1.10. The molecule has 21 heavy (non-hydrogen) atoms. The van der Waals surface area contributed by atoms with Gasteiger partial charge in [-0.1, -0.05) is 36.6 Å². The van der Waals surface area contributed by atoms with E-state index in [2.05, 4.69) is 5.32 Å². The molecule has 114 valence electrons. The summed E-state index contributed by atoms with van der Waals surface area (Å²) in [6, 6.07) is 7.00. The van der Waals surface area contributed by atoms with Crippen LogP contribution in [0.4, 0.5) is 0 Å². The van der Waals surface area contributed by atoms with Crippen LogP contribution in [0.15, 0.2) is 24.3 Å². The summed E-state index contributed by atoms with van der Waals surface area (Å²) in [7, 11) is 0. The maximum absolute atomic E-state index is 11.9. The van der Waals surface area contributed by atoms with Crippen molar-refractivity contribution in [3.05, 3.63) is 29.3 Å². The zero-order valence-electron chi connectivity index (χ0n) is 11.6. The van der Waals surface area contributed by atoms with E-state index in [1.54, 1.807) is 24.3 Å². The minimum absolute atomic E-state index is 0.0975. The molecule has 1 aliphatic rings. The minimum Gasteiger partial charge on any atom is -0.491 e. The molecule has 0 aliphatic heterocycles. The highest BCUT2D eigenvalue weighted by molar-refractivity contribution is 6.32. The van der Waals surface area contributed by atoms with Crippen LogP contribution in [0.1, 0.15) is 32.1 Å². The molecule has 0 aromatic heterocycles. The molecular weight excluding hydrogens is 294 g/mol. The van der Waals surface area contributed by atoms with Crippen molar-refractivity contribution in [3.8, 4) is 5.75 Å². The molecule has 2 rings (SSSR count). The van der Waals surface area contributed by atoms with Crippen molar-refractivity contribution < 1.29 is 19.4 Å². The molecule has 0 radical (unpaired) electrons. The molecule has 0 bridgehead atoms. The smallest absolute Gasteiger partial charge is 0.329 e. The van der Waals surface area contributed by atoms with E-state index in [-0.39, 0.29) is 18.9 Å². The number of amides is 1. The van der Waals surface area contributed by atoms with Crippen LogP contribution >= 0.6 is 11.6 Å². The van der Waals surface area contributed by atoms with Crippen molar-refractivity contribution in [1.82, 2.24) is 5.32 Å². The Kier molecular flexibility index (Phi) is 5.07. The van der Waals surface area contributed by atoms with Crippen molar-refractivity contribution >= 4 is 23.5 Å². The van der Waals surface area contributed by atoms with Gasteiger partial charge in [-0.05, 0) is 25.0 Å². The average Bonchev–Trinajstić information content (AvgIpc) is 2.91. The Morgan fingerprint density at radius 2 is 1.95 bits per heavy atom. The Balaban J connectivity index is 1.82. The van der Waals surface area contributed by atoms with Gasteiger partial charge in [0.05, 0.1) is 18.1 Å². The standard InChI is InChI=1S/C15H18ClNO4/c16-11-5-1-2-6-12(11)21-10-7-13(18)17-15(14(19)20)8-3-4-9-15/h1-2,5-6H,3-4,7-10H2,(H,17,18)(H,19,20). The van der Waals surface area contributed by atoms with Gasteiger partial charge < -0.3 is 15.2 Å². The number of halogens is 1. The van der Waals surface area contributed by atoms with Crippen molar-refractivity contribution in [1.29, 1.82) is 0 Å². The molecule has 1 aromatic carbocycles. The number of aliphatic carboxylic acids is 1. The quantitative estimate of drug-likeness (QED) is 0.847. The lowest BCUT2D eigenvalue weighted by molar-refractivity contribution is -0.147. The van der Waals surface area contributed by atoms with Crippen molar-refractivity contribution in [2.24, 2.45) is 0 Å². The van der Waals surface area contributed by atoms with E-state index in [0.717, 1.165) is 12.8 Å². The molecule has 1 fully saturated rings. The fraction of sp³-hybridized carbons (Fsp3) is 0.467. The fourth-order valence-electron chi connectivity index (χ4n) is 2.52. The van der Waals surface area contributed by atoms with Crippen LogP contribution in [0.25, 0.3) is 0 Å². The average molecular weight is 312 g/mol. The highest BCUT2D eigenvalue weighted by Crippen LogP contribution is 2.30. The molecule has 0 unspecified atom stereocenters. The van der Waals surface area contributed by atoms with E-state index < -0.39 is 11.5 Å². The van der Waals surface area contributed by atoms with Gasteiger partial charge in [0, 0.05) is 0 Å². The lowest BCUT2D eigenvalue weighted by atomic mass is 9.97. The van der Waals surface area contributed by atoms with E-state index in [9.17, 15) is 14.7 Å². The molecule has 0 atom stereocenters. The number of benzene rings is 1. The van der Waals surface area contributed by atoms with Gasteiger partial charge in [-0.3, -0.25) is 4.79 Å². The Labute approximate surface area is 128 Å². The lowest BCUT2D eigenvalue weighted by Gasteiger charge is -2.25. The van der Waals surface area contributed by atoms with Crippen LogP contribution < -0.4 is 10.1 Å². The molecule has 1 aliphatic carbocycles. The molecule has 0 saturated heterocycles. The topological polar surface area (TPSA) is 75.6 Å². The normalized spacial score (nSPS) is 16.4. The molecule has 1 aromatic rings. The third-order valence-corrected chi connectivity index (χ3v) is 3.98. The molecule has 1 saturated carbocycles. The Bertz CT molecular complexity index is 526. The van der Waals surface area contributed by atoms with E-state index in [1.165, 1.54) is 0 Å². The number of ether oxygens (including phenoxy) is 1. The number of carboxylic acid groups (broad SMARTS) is 1. The molecule has 1 amide bonds. The Morgan fingerprint density at radius 3 is 2.57 bits per heavy atom. The number of nitrogens with one attached hydrogen (secondary N) is 1. The van der Waals surface area contributed by atoms with Gasteiger partial charge in [-0.15, -0.1) is 0 Å². The van der Waals surface area contributed by atoms with E-state index in [1.807, 2.05) is 0 Å². The minimum atomic E-state index is -1.10. The number of carbonyl (C=O) groups excluding carboxylic acids is 1. The van der Waals surface area contributed by atoms with Crippen LogP contribution in [0.5, 0.6) is 5.75 Å². The van der Waals surface area contributed by atoms with E-state index >= 15 is 0 Å². The van der Waals surface area contributed by atoms with Crippen LogP contribution in [0, 0.1) is 0 Å². The second-order valence-corrected chi connectivity index (χ2v) is 5.58. The van der Waals surface area contributed by atoms with Gasteiger partial charge in [-0.2, -0.15) is 0 Å². The zero-order chi connectivity index (χ0) is 15.3. The summed E-state index contributed by atoms with van der Waals surface area (Å²) in [6.07, 6.45) is 2.71. The summed E-state index contributed by atoms with van der Waals surface area (Å²) in [4.78, 5) is 23.2. The maximum atomic E-state index is 11.9. The fourth-order valence-corrected chi connectivity index (χ4v) is 2.71. The maximum Gasteiger partial charge on any atom is 0.329 e. The van der Waals surface area contributed by atoms with Gasteiger partial charge in [0.25, 0.3) is 0 Å². The summed E-state index contributed by atoms with van der Waals surface area (Å²) >= 11 is 5.94. The summed E-state index contributed by atoms with van der Waals surface area (Å²) < 4.78 is 5.43. The molecular formula is C15H18ClNO4. The number of rotatable bonds is 6. The first-order valence-corrected chi connectivity index (χ1v) is 7.33. The third kappa shape index (κ3) is 3.88. The Morgan fingerprint density at radius 1 is 1.29 bits per heavy atom. The summed E-state index contributed by atoms with van der Waals surface area (Å²) in [6.45, 7) is 0.158. The van der Waals surface area contributed by atoms with Gasteiger partial charge in [0.2, 0.25) is 5.91 Å². The van der Waals surface area contributed by atoms with Gasteiger partial charge in [-0.25, -0.2) is 4.79 Å². The van der Waals surface area contributed by atoms with E-state index in [0.29, 0.717) is 23.6 Å². The predicted molar refractivity (Wildman–Crippen MR) is 78.5 cm³/mol. The first-order valence-electron chi connectivity index (χ1n) is 6.95. The summed E-state index contributed by atoms with van der Waals surface area (Å²) in [5.74, 6) is -0.757. The Hall–Kier alpha value is -1.75. The number of hydrogen-bond donors (Lipinski definition) is 2. The number of hydrogen-bond acceptors (Lipinski definition) is 3. The van der Waals surface area contributed by atoms with Crippen LogP contribution in [-0.4, -0.2) is 29.1 Å². The first-order chi connectivity index (χ1) is 10.0. The zero-order valence-corrected chi connectivity index (χ0v) is 12.4. The predicted octanol–water partition coefficient (Wildman–Crippen LogP) is 2.62. The highest BCUT2D eigenvalue weighted by atomic mass is 35.5. The van der Waals surface area contributed by atoms with E-state index in [4.69, 9.17) is 16.3 Å². The monoisotopic (exact) mass is 311 g/mol. The number of carbonyl (C=O) groups is 2. The largest absolute Gasteiger partial charge is 0.491 e.